The van der Waals surface area contributed by atoms with Crippen LogP contribution >= 0.6 is 0 Å². The van der Waals surface area contributed by atoms with Gasteiger partial charge in [-0.2, -0.15) is 5.10 Å². The average molecular weight is 286 g/mol. The molecule has 1 N–H and O–H groups in total. The summed E-state index contributed by atoms with van der Waals surface area (Å²) >= 11 is 0. The van der Waals surface area contributed by atoms with Crippen LogP contribution in [0.25, 0.3) is 0 Å². The topological polar surface area (TPSA) is 47.3 Å². The minimum absolute atomic E-state index is 0.0417. The molecule has 0 aliphatic rings. The van der Waals surface area contributed by atoms with Crippen molar-refractivity contribution in [3.05, 3.63) is 47.8 Å². The number of hydrogen-bond donors (Lipinski definition) is 1. The van der Waals surface area contributed by atoms with Crippen LogP contribution in [0.3, 0.4) is 0 Å². The van der Waals surface area contributed by atoms with E-state index in [2.05, 4.69) is 9.84 Å². The summed E-state index contributed by atoms with van der Waals surface area (Å²) in [5.74, 6) is -0.420. The first kappa shape index (κ1) is 14.4. The fourth-order valence-electron chi connectivity index (χ4n) is 1.92. The number of aromatic nitrogens is 2. The fourth-order valence-corrected chi connectivity index (χ4v) is 1.92. The number of aliphatic hydroxyl groups excluding tert-OH is 1. The summed E-state index contributed by atoms with van der Waals surface area (Å²) in [6.07, 6.45) is -4.56. The van der Waals surface area contributed by atoms with Crippen molar-refractivity contribution in [3.8, 4) is 5.75 Å². The largest absolute Gasteiger partial charge is 0.573 e. The highest BCUT2D eigenvalue weighted by molar-refractivity contribution is 5.38. The highest BCUT2D eigenvalue weighted by Crippen LogP contribution is 2.33. The van der Waals surface area contributed by atoms with Crippen molar-refractivity contribution >= 4 is 0 Å². The van der Waals surface area contributed by atoms with Gasteiger partial charge in [0.25, 0.3) is 0 Å². The van der Waals surface area contributed by atoms with Crippen LogP contribution in [0, 0.1) is 0 Å². The van der Waals surface area contributed by atoms with Crippen LogP contribution in [-0.4, -0.2) is 21.2 Å². The van der Waals surface area contributed by atoms with Crippen molar-refractivity contribution in [2.45, 2.75) is 25.9 Å². The quantitative estimate of drug-likeness (QED) is 0.940. The Morgan fingerprint density at radius 1 is 1.30 bits per heavy atom. The van der Waals surface area contributed by atoms with Gasteiger partial charge >= 0.3 is 6.36 Å². The van der Waals surface area contributed by atoms with Crippen molar-refractivity contribution < 1.29 is 23.0 Å². The van der Waals surface area contributed by atoms with E-state index in [1.807, 2.05) is 6.92 Å². The zero-order chi connectivity index (χ0) is 14.8. The molecule has 0 saturated heterocycles. The molecule has 20 heavy (non-hydrogen) atoms. The highest BCUT2D eigenvalue weighted by Gasteiger charge is 2.33. The molecule has 2 rings (SSSR count). The van der Waals surface area contributed by atoms with Gasteiger partial charge in [0.1, 0.15) is 11.9 Å². The summed E-state index contributed by atoms with van der Waals surface area (Å²) in [5, 5.41) is 14.2. The number of alkyl halides is 3. The normalized spacial score (nSPS) is 13.2. The van der Waals surface area contributed by atoms with E-state index in [9.17, 15) is 18.3 Å². The number of para-hydroxylation sites is 1. The molecule has 0 radical (unpaired) electrons. The summed E-state index contributed by atoms with van der Waals surface area (Å²) in [4.78, 5) is 0. The molecule has 1 unspecified atom stereocenters. The second-order valence-corrected chi connectivity index (χ2v) is 4.06. The molecule has 1 aromatic heterocycles. The van der Waals surface area contributed by atoms with Gasteiger partial charge in [0.2, 0.25) is 0 Å². The van der Waals surface area contributed by atoms with Crippen LogP contribution in [0.4, 0.5) is 13.2 Å². The van der Waals surface area contributed by atoms with Gasteiger partial charge in [0.05, 0.1) is 5.69 Å². The van der Waals surface area contributed by atoms with E-state index in [4.69, 9.17) is 0 Å². The number of aryl methyl sites for hydroxylation is 1. The minimum atomic E-state index is -4.80. The first-order valence-electron chi connectivity index (χ1n) is 5.97. The zero-order valence-corrected chi connectivity index (χ0v) is 10.6. The predicted octanol–water partition coefficient (Wildman–Crippen LogP) is 2.88. The lowest BCUT2D eigenvalue weighted by atomic mass is 10.1. The molecule has 2 aromatic rings. The average Bonchev–Trinajstić information content (AvgIpc) is 2.85. The third-order valence-corrected chi connectivity index (χ3v) is 2.77. The Hall–Kier alpha value is -2.02. The van der Waals surface area contributed by atoms with Crippen LogP contribution in [-0.2, 0) is 6.54 Å². The molecule has 0 spiro atoms. The van der Waals surface area contributed by atoms with Gasteiger partial charge in [-0.1, -0.05) is 18.2 Å². The lowest BCUT2D eigenvalue weighted by Gasteiger charge is -2.17. The number of hydrogen-bond acceptors (Lipinski definition) is 3. The smallest absolute Gasteiger partial charge is 0.405 e. The van der Waals surface area contributed by atoms with E-state index >= 15 is 0 Å². The fraction of sp³-hybridized carbons (Fsp3) is 0.308. The summed E-state index contributed by atoms with van der Waals surface area (Å²) in [6, 6.07) is 7.05. The second-order valence-electron chi connectivity index (χ2n) is 4.06. The minimum Gasteiger partial charge on any atom is -0.405 e. The molecule has 4 nitrogen and oxygen atoms in total. The molecule has 0 aliphatic heterocycles. The van der Waals surface area contributed by atoms with Gasteiger partial charge in [-0.3, -0.25) is 4.68 Å². The molecule has 1 atom stereocenters. The zero-order valence-electron chi connectivity index (χ0n) is 10.6. The SMILES string of the molecule is CCn1nccc1C(O)c1ccccc1OC(F)(F)F. The maximum absolute atomic E-state index is 12.4. The molecule has 0 bridgehead atoms. The van der Waals surface area contributed by atoms with Gasteiger partial charge in [0, 0.05) is 18.3 Å². The molecule has 0 aliphatic carbocycles. The Labute approximate surface area is 113 Å². The summed E-state index contributed by atoms with van der Waals surface area (Å²) in [7, 11) is 0. The van der Waals surface area contributed by atoms with Crippen molar-refractivity contribution in [1.29, 1.82) is 0 Å². The Bertz CT molecular complexity index is 581. The van der Waals surface area contributed by atoms with Gasteiger partial charge in [-0.15, -0.1) is 13.2 Å². The molecular weight excluding hydrogens is 273 g/mol. The molecular formula is C13H13F3N2O2. The van der Waals surface area contributed by atoms with E-state index in [0.29, 0.717) is 12.2 Å². The summed E-state index contributed by atoms with van der Waals surface area (Å²) < 4.78 is 42.5. The van der Waals surface area contributed by atoms with Crippen LogP contribution in [0.15, 0.2) is 36.5 Å². The molecule has 1 aromatic carbocycles. The van der Waals surface area contributed by atoms with Crippen molar-refractivity contribution in [3.63, 3.8) is 0 Å². The summed E-state index contributed by atoms with van der Waals surface area (Å²) in [5.41, 5.74) is 0.450. The van der Waals surface area contributed by atoms with Crippen LogP contribution in [0.5, 0.6) is 5.75 Å². The molecule has 0 fully saturated rings. The van der Waals surface area contributed by atoms with Gasteiger partial charge in [-0.25, -0.2) is 0 Å². The lowest BCUT2D eigenvalue weighted by molar-refractivity contribution is -0.275. The highest BCUT2D eigenvalue weighted by atomic mass is 19.4. The molecule has 7 heteroatoms. The summed E-state index contributed by atoms with van der Waals surface area (Å²) in [6.45, 7) is 2.32. The first-order valence-corrected chi connectivity index (χ1v) is 5.97. The third-order valence-electron chi connectivity index (χ3n) is 2.77. The van der Waals surface area contributed by atoms with Gasteiger partial charge < -0.3 is 9.84 Å². The van der Waals surface area contributed by atoms with E-state index in [0.717, 1.165) is 0 Å². The van der Waals surface area contributed by atoms with E-state index in [-0.39, 0.29) is 5.56 Å². The van der Waals surface area contributed by atoms with Crippen LogP contribution in [0.2, 0.25) is 0 Å². The Kier molecular flexibility index (Phi) is 3.99. The van der Waals surface area contributed by atoms with Crippen molar-refractivity contribution in [2.75, 3.05) is 0 Å². The number of ether oxygens (including phenoxy) is 1. The lowest BCUT2D eigenvalue weighted by Crippen LogP contribution is -2.19. The number of nitrogens with zero attached hydrogens (tertiary/aromatic N) is 2. The second kappa shape index (κ2) is 5.54. The number of benzene rings is 1. The van der Waals surface area contributed by atoms with E-state index in [1.165, 1.54) is 35.1 Å². The van der Waals surface area contributed by atoms with Crippen LogP contribution in [0.1, 0.15) is 24.3 Å². The van der Waals surface area contributed by atoms with Crippen molar-refractivity contribution in [1.82, 2.24) is 9.78 Å². The maximum Gasteiger partial charge on any atom is 0.573 e. The Balaban J connectivity index is 2.37. The van der Waals surface area contributed by atoms with Crippen molar-refractivity contribution in [2.24, 2.45) is 0 Å². The Morgan fingerprint density at radius 2 is 2.00 bits per heavy atom. The van der Waals surface area contributed by atoms with E-state index in [1.54, 1.807) is 6.07 Å². The van der Waals surface area contributed by atoms with Gasteiger partial charge in [-0.05, 0) is 19.1 Å². The number of halogens is 3. The molecule has 0 saturated carbocycles. The third kappa shape index (κ3) is 3.11. The van der Waals surface area contributed by atoms with E-state index < -0.39 is 18.2 Å². The molecule has 108 valence electrons. The predicted molar refractivity (Wildman–Crippen MR) is 65.1 cm³/mol. The number of rotatable bonds is 4. The Morgan fingerprint density at radius 3 is 2.65 bits per heavy atom. The van der Waals surface area contributed by atoms with Gasteiger partial charge in [0.15, 0.2) is 0 Å². The maximum atomic E-state index is 12.4. The molecule has 1 heterocycles. The first-order chi connectivity index (χ1) is 9.42. The molecule has 0 amide bonds. The van der Waals surface area contributed by atoms with Crippen LogP contribution < -0.4 is 4.74 Å². The number of aliphatic hydroxyl groups is 1. The standard InChI is InChI=1S/C13H13F3N2O2/c1-2-18-10(7-8-17-18)12(19)9-5-3-4-6-11(9)20-13(14,15)16/h3-8,12,19H,2H2,1H3. The monoisotopic (exact) mass is 286 g/mol.